The molecule has 3 aromatic heterocycles. The average molecular weight is 492 g/mol. The zero-order valence-corrected chi connectivity index (χ0v) is 20.1. The fourth-order valence-electron chi connectivity index (χ4n) is 4.65. The molecule has 9 nitrogen and oxygen atoms in total. The topological polar surface area (TPSA) is 80.8 Å². The Morgan fingerprint density at radius 1 is 1.17 bits per heavy atom. The summed E-state index contributed by atoms with van der Waals surface area (Å²) in [6.45, 7) is 8.64. The molecule has 35 heavy (non-hydrogen) atoms. The molecule has 5 heterocycles. The number of halogens is 3. The Kier molecular flexibility index (Phi) is 5.44. The lowest BCUT2D eigenvalue weighted by Gasteiger charge is -2.42. The number of carbonyl (C=O) groups excluding carboxylic acids is 1. The van der Waals surface area contributed by atoms with Gasteiger partial charge in [-0.15, -0.1) is 0 Å². The maximum Gasteiger partial charge on any atom is 0.410 e. The van der Waals surface area contributed by atoms with Crippen LogP contribution in [-0.4, -0.2) is 72.6 Å². The number of likely N-dealkylation sites (tertiary alicyclic amines) is 1. The van der Waals surface area contributed by atoms with Crippen LogP contribution < -0.4 is 4.90 Å². The van der Waals surface area contributed by atoms with Crippen molar-refractivity contribution in [3.63, 3.8) is 0 Å². The molecular formula is C23H28F3N7O2. The first-order valence-electron chi connectivity index (χ1n) is 11.6. The molecule has 0 saturated carbocycles. The van der Waals surface area contributed by atoms with Crippen LogP contribution in [0.3, 0.4) is 0 Å². The third-order valence-electron chi connectivity index (χ3n) is 6.50. The first-order valence-corrected chi connectivity index (χ1v) is 11.6. The van der Waals surface area contributed by atoms with E-state index in [1.54, 1.807) is 32.6 Å². The predicted octanol–water partition coefficient (Wildman–Crippen LogP) is 4.22. The lowest BCUT2D eigenvalue weighted by Crippen LogP contribution is -2.56. The number of amides is 1. The van der Waals surface area contributed by atoms with Gasteiger partial charge in [-0.05, 0) is 40.5 Å². The third-order valence-corrected chi connectivity index (χ3v) is 6.50. The van der Waals surface area contributed by atoms with Crippen molar-refractivity contribution in [2.24, 2.45) is 0 Å². The van der Waals surface area contributed by atoms with E-state index in [1.165, 1.54) is 4.90 Å². The van der Waals surface area contributed by atoms with Crippen molar-refractivity contribution in [2.45, 2.75) is 64.4 Å². The van der Waals surface area contributed by atoms with Gasteiger partial charge < -0.3 is 14.5 Å². The van der Waals surface area contributed by atoms with Gasteiger partial charge in [-0.25, -0.2) is 14.8 Å². The molecule has 3 aromatic rings. The number of anilines is 1. The highest BCUT2D eigenvalue weighted by atomic mass is 19.4. The van der Waals surface area contributed by atoms with Crippen LogP contribution in [0.5, 0.6) is 0 Å². The molecule has 12 heteroatoms. The number of hydrogen-bond donors (Lipinski definition) is 0. The van der Waals surface area contributed by atoms with Crippen molar-refractivity contribution in [3.8, 4) is 11.3 Å². The van der Waals surface area contributed by atoms with E-state index >= 15 is 0 Å². The number of aryl methyl sites for hydroxylation is 1. The van der Waals surface area contributed by atoms with Gasteiger partial charge in [0.15, 0.2) is 11.5 Å². The number of ether oxygens (including phenoxy) is 1. The van der Waals surface area contributed by atoms with Gasteiger partial charge in [0.2, 0.25) is 0 Å². The molecular weight excluding hydrogens is 463 g/mol. The van der Waals surface area contributed by atoms with Crippen LogP contribution >= 0.6 is 0 Å². The van der Waals surface area contributed by atoms with Crippen molar-refractivity contribution in [1.82, 2.24) is 29.0 Å². The molecule has 1 amide bonds. The minimum atomic E-state index is -4.33. The maximum absolute atomic E-state index is 13.5. The van der Waals surface area contributed by atoms with E-state index in [-0.39, 0.29) is 30.9 Å². The Hall–Kier alpha value is -3.31. The number of imidazole rings is 1. The zero-order valence-electron chi connectivity index (χ0n) is 20.1. The van der Waals surface area contributed by atoms with Crippen LogP contribution in [0.25, 0.3) is 16.9 Å². The smallest absolute Gasteiger partial charge is 0.410 e. The summed E-state index contributed by atoms with van der Waals surface area (Å²) in [6.07, 6.45) is 2.86. The Labute approximate surface area is 200 Å². The van der Waals surface area contributed by atoms with Crippen molar-refractivity contribution < 1.29 is 22.7 Å². The lowest BCUT2D eigenvalue weighted by atomic mass is 10.0. The maximum atomic E-state index is 13.5. The van der Waals surface area contributed by atoms with Gasteiger partial charge in [-0.1, -0.05) is 0 Å². The SMILES string of the molecule is Cc1c(-c2cnn([C@@H]3CCN(C(=O)OC(C)(C)C)C3)c2)nc(N2CC[C@@H]2C(F)(F)F)c2nccn12. The van der Waals surface area contributed by atoms with E-state index in [0.717, 1.165) is 12.1 Å². The molecule has 0 bridgehead atoms. The summed E-state index contributed by atoms with van der Waals surface area (Å²) in [6, 6.07) is -1.59. The van der Waals surface area contributed by atoms with E-state index in [9.17, 15) is 18.0 Å². The summed E-state index contributed by atoms with van der Waals surface area (Å²) >= 11 is 0. The molecule has 0 aromatic carbocycles. The molecule has 2 fully saturated rings. The van der Waals surface area contributed by atoms with Crippen LogP contribution in [0.1, 0.15) is 45.3 Å². The molecule has 2 atom stereocenters. The van der Waals surface area contributed by atoms with Gasteiger partial charge in [0, 0.05) is 49.5 Å². The van der Waals surface area contributed by atoms with Crippen LogP contribution in [0.2, 0.25) is 0 Å². The quantitative estimate of drug-likeness (QED) is 0.546. The number of alkyl halides is 3. The standard InChI is InChI=1S/C23H28F3N7O2/c1-14-18(29-20(19-27-7-10-31(14)19)32-9-6-17(32)23(24,25)26)15-11-28-33(12-15)16-5-8-30(13-16)21(34)35-22(2,3)4/h7,10-12,16-17H,5-6,8-9,13H2,1-4H3/t16-,17-/m1/s1. The molecule has 188 valence electrons. The predicted molar refractivity (Wildman–Crippen MR) is 122 cm³/mol. The fraction of sp³-hybridized carbons (Fsp3) is 0.565. The second kappa shape index (κ2) is 8.13. The Bertz CT molecular complexity index is 1260. The highest BCUT2D eigenvalue weighted by Crippen LogP contribution is 2.39. The summed E-state index contributed by atoms with van der Waals surface area (Å²) < 4.78 is 49.4. The molecule has 0 radical (unpaired) electrons. The van der Waals surface area contributed by atoms with E-state index in [0.29, 0.717) is 30.0 Å². The van der Waals surface area contributed by atoms with Crippen molar-refractivity contribution in [1.29, 1.82) is 0 Å². The van der Waals surface area contributed by atoms with Crippen molar-refractivity contribution >= 4 is 17.6 Å². The molecule has 2 aliphatic heterocycles. The number of carbonyl (C=O) groups is 1. The fourth-order valence-corrected chi connectivity index (χ4v) is 4.65. The van der Waals surface area contributed by atoms with Crippen LogP contribution in [0.15, 0.2) is 24.8 Å². The van der Waals surface area contributed by atoms with E-state index in [4.69, 9.17) is 4.74 Å². The highest BCUT2D eigenvalue weighted by molar-refractivity contribution is 5.73. The first kappa shape index (κ1) is 23.4. The van der Waals surface area contributed by atoms with E-state index in [2.05, 4.69) is 15.1 Å². The number of fused-ring (bicyclic) bond motifs is 1. The average Bonchev–Trinajstić information content (AvgIpc) is 3.46. The lowest BCUT2D eigenvalue weighted by molar-refractivity contribution is -0.159. The van der Waals surface area contributed by atoms with Gasteiger partial charge in [0.05, 0.1) is 17.9 Å². The molecule has 2 aliphatic rings. The van der Waals surface area contributed by atoms with Gasteiger partial charge in [-0.3, -0.25) is 9.08 Å². The summed E-state index contributed by atoms with van der Waals surface area (Å²) in [5, 5.41) is 4.49. The Morgan fingerprint density at radius 2 is 1.94 bits per heavy atom. The second-order valence-corrected chi connectivity index (χ2v) is 10.1. The third kappa shape index (κ3) is 4.30. The van der Waals surface area contributed by atoms with Gasteiger partial charge in [-0.2, -0.15) is 18.3 Å². The summed E-state index contributed by atoms with van der Waals surface area (Å²) in [7, 11) is 0. The van der Waals surface area contributed by atoms with Gasteiger partial charge in [0.25, 0.3) is 0 Å². The Morgan fingerprint density at radius 3 is 2.60 bits per heavy atom. The zero-order chi connectivity index (χ0) is 25.1. The molecule has 0 aliphatic carbocycles. The monoisotopic (exact) mass is 491 g/mol. The van der Waals surface area contributed by atoms with Crippen LogP contribution in [0, 0.1) is 6.92 Å². The Balaban J connectivity index is 1.42. The van der Waals surface area contributed by atoms with Crippen molar-refractivity contribution in [3.05, 3.63) is 30.5 Å². The van der Waals surface area contributed by atoms with Crippen LogP contribution in [0.4, 0.5) is 23.8 Å². The first-order chi connectivity index (χ1) is 16.4. The number of rotatable bonds is 3. The second-order valence-electron chi connectivity index (χ2n) is 10.1. The largest absolute Gasteiger partial charge is 0.444 e. The highest BCUT2D eigenvalue weighted by Gasteiger charge is 2.50. The van der Waals surface area contributed by atoms with E-state index < -0.39 is 17.8 Å². The van der Waals surface area contributed by atoms with Crippen molar-refractivity contribution in [2.75, 3.05) is 24.5 Å². The van der Waals surface area contributed by atoms with Crippen LogP contribution in [-0.2, 0) is 4.74 Å². The number of hydrogen-bond acceptors (Lipinski definition) is 6. The van der Waals surface area contributed by atoms with Gasteiger partial charge >= 0.3 is 12.3 Å². The molecule has 5 rings (SSSR count). The minimum absolute atomic E-state index is 0.0296. The molecule has 0 unspecified atom stereocenters. The molecule has 0 N–H and O–H groups in total. The normalized spacial score (nSPS) is 21.0. The number of nitrogens with zero attached hydrogens (tertiary/aromatic N) is 7. The van der Waals surface area contributed by atoms with E-state index in [1.807, 2.05) is 33.9 Å². The van der Waals surface area contributed by atoms with Gasteiger partial charge in [0.1, 0.15) is 11.6 Å². The summed E-state index contributed by atoms with van der Waals surface area (Å²) in [4.78, 5) is 24.3. The molecule has 2 saturated heterocycles. The summed E-state index contributed by atoms with van der Waals surface area (Å²) in [5.74, 6) is 0.217. The minimum Gasteiger partial charge on any atom is -0.444 e. The molecule has 0 spiro atoms. The summed E-state index contributed by atoms with van der Waals surface area (Å²) in [5.41, 5.74) is 1.83. The number of aromatic nitrogens is 5.